The standard InChI is InChI=1S/C22H24N2OS/c25-22(19-9-8-17-6-2-3-7-18(17)14-19)23-15-21(20-10-13-26-16-20)24-11-4-1-5-12-24/h2-3,6-10,13-14,16,21H,1,4-5,11-12,15H2,(H,23,25). The molecule has 1 aliphatic heterocycles. The van der Waals surface area contributed by atoms with Crippen molar-refractivity contribution in [2.45, 2.75) is 25.3 Å². The van der Waals surface area contributed by atoms with Crippen molar-refractivity contribution in [1.82, 2.24) is 10.2 Å². The molecule has 0 bridgehead atoms. The first-order chi connectivity index (χ1) is 12.8. The summed E-state index contributed by atoms with van der Waals surface area (Å²) in [7, 11) is 0. The Morgan fingerprint density at radius 1 is 1.04 bits per heavy atom. The van der Waals surface area contributed by atoms with Crippen LogP contribution in [0.15, 0.2) is 59.3 Å². The Kier molecular flexibility index (Phi) is 5.32. The zero-order valence-electron chi connectivity index (χ0n) is 14.9. The number of nitrogens with one attached hydrogen (secondary N) is 1. The highest BCUT2D eigenvalue weighted by molar-refractivity contribution is 7.07. The highest BCUT2D eigenvalue weighted by atomic mass is 32.1. The minimum atomic E-state index is 0.00740. The number of carbonyl (C=O) groups excluding carboxylic acids is 1. The van der Waals surface area contributed by atoms with Crippen molar-refractivity contribution in [2.75, 3.05) is 19.6 Å². The Morgan fingerprint density at radius 2 is 1.85 bits per heavy atom. The predicted octanol–water partition coefficient (Wildman–Crippen LogP) is 4.86. The molecule has 1 amide bonds. The lowest BCUT2D eigenvalue weighted by molar-refractivity contribution is 0.0924. The van der Waals surface area contributed by atoms with Crippen molar-refractivity contribution in [1.29, 1.82) is 0 Å². The van der Waals surface area contributed by atoms with Gasteiger partial charge in [-0.1, -0.05) is 36.8 Å². The van der Waals surface area contributed by atoms with E-state index in [0.717, 1.165) is 29.4 Å². The van der Waals surface area contributed by atoms with Crippen molar-refractivity contribution in [3.63, 3.8) is 0 Å². The van der Waals surface area contributed by atoms with Crippen LogP contribution in [0, 0.1) is 0 Å². The van der Waals surface area contributed by atoms with E-state index in [1.807, 2.05) is 36.4 Å². The number of carbonyl (C=O) groups is 1. The van der Waals surface area contributed by atoms with Crippen LogP contribution in [-0.2, 0) is 0 Å². The van der Waals surface area contributed by atoms with Gasteiger partial charge in [0.15, 0.2) is 0 Å². The summed E-state index contributed by atoms with van der Waals surface area (Å²) in [5.41, 5.74) is 2.04. The highest BCUT2D eigenvalue weighted by Crippen LogP contribution is 2.26. The third kappa shape index (κ3) is 3.81. The highest BCUT2D eigenvalue weighted by Gasteiger charge is 2.23. The van der Waals surface area contributed by atoms with Gasteiger partial charge in [0.05, 0.1) is 6.04 Å². The van der Waals surface area contributed by atoms with Crippen LogP contribution in [-0.4, -0.2) is 30.4 Å². The lowest BCUT2D eigenvalue weighted by Gasteiger charge is -2.34. The first-order valence-corrected chi connectivity index (χ1v) is 10.3. The molecule has 1 N–H and O–H groups in total. The van der Waals surface area contributed by atoms with E-state index in [9.17, 15) is 4.79 Å². The molecule has 1 atom stereocenters. The molecule has 4 rings (SSSR count). The maximum Gasteiger partial charge on any atom is 0.251 e. The summed E-state index contributed by atoms with van der Waals surface area (Å²) < 4.78 is 0. The number of rotatable bonds is 5. The summed E-state index contributed by atoms with van der Waals surface area (Å²) in [5, 5.41) is 9.77. The van der Waals surface area contributed by atoms with Crippen LogP contribution in [0.1, 0.15) is 41.2 Å². The van der Waals surface area contributed by atoms with E-state index in [2.05, 4.69) is 33.1 Å². The molecule has 3 aromatic rings. The molecule has 1 unspecified atom stereocenters. The van der Waals surface area contributed by atoms with Crippen LogP contribution in [0.25, 0.3) is 10.8 Å². The van der Waals surface area contributed by atoms with Crippen molar-refractivity contribution in [3.8, 4) is 0 Å². The van der Waals surface area contributed by atoms with Gasteiger partial charge in [-0.2, -0.15) is 11.3 Å². The number of hydrogen-bond donors (Lipinski definition) is 1. The second kappa shape index (κ2) is 8.02. The van der Waals surface area contributed by atoms with Crippen LogP contribution >= 0.6 is 11.3 Å². The molecule has 0 aliphatic carbocycles. The van der Waals surface area contributed by atoms with Gasteiger partial charge < -0.3 is 5.32 Å². The van der Waals surface area contributed by atoms with Gasteiger partial charge in [-0.3, -0.25) is 9.69 Å². The maximum absolute atomic E-state index is 12.7. The third-order valence-corrected chi connectivity index (χ3v) is 5.93. The van der Waals surface area contributed by atoms with E-state index in [0.29, 0.717) is 6.54 Å². The number of nitrogens with zero attached hydrogens (tertiary/aromatic N) is 1. The molecule has 2 aromatic carbocycles. The fourth-order valence-corrected chi connectivity index (χ4v) is 4.48. The van der Waals surface area contributed by atoms with Crippen molar-refractivity contribution in [2.24, 2.45) is 0 Å². The number of piperidine rings is 1. The van der Waals surface area contributed by atoms with Crippen molar-refractivity contribution in [3.05, 3.63) is 70.4 Å². The second-order valence-electron chi connectivity index (χ2n) is 6.94. The first kappa shape index (κ1) is 17.3. The molecule has 1 fully saturated rings. The van der Waals surface area contributed by atoms with Crippen LogP contribution in [0.5, 0.6) is 0 Å². The molecule has 1 aliphatic rings. The first-order valence-electron chi connectivity index (χ1n) is 9.34. The summed E-state index contributed by atoms with van der Waals surface area (Å²) >= 11 is 1.72. The topological polar surface area (TPSA) is 32.3 Å². The minimum Gasteiger partial charge on any atom is -0.350 e. The summed E-state index contributed by atoms with van der Waals surface area (Å²) in [5.74, 6) is 0.00740. The number of fused-ring (bicyclic) bond motifs is 1. The van der Waals surface area contributed by atoms with Gasteiger partial charge in [-0.25, -0.2) is 0 Å². The Balaban J connectivity index is 1.48. The van der Waals surface area contributed by atoms with Crippen LogP contribution in [0.3, 0.4) is 0 Å². The van der Waals surface area contributed by atoms with Gasteiger partial charge in [0.2, 0.25) is 0 Å². The quantitative estimate of drug-likeness (QED) is 0.701. The van der Waals surface area contributed by atoms with E-state index in [1.54, 1.807) is 11.3 Å². The van der Waals surface area contributed by atoms with Gasteiger partial charge >= 0.3 is 0 Å². The fraction of sp³-hybridized carbons (Fsp3) is 0.318. The fourth-order valence-electron chi connectivity index (χ4n) is 3.77. The number of likely N-dealkylation sites (tertiary alicyclic amines) is 1. The Morgan fingerprint density at radius 3 is 2.62 bits per heavy atom. The Bertz CT molecular complexity index is 869. The summed E-state index contributed by atoms with van der Waals surface area (Å²) in [6.07, 6.45) is 3.81. The van der Waals surface area contributed by atoms with Gasteiger partial charge in [0.25, 0.3) is 5.91 Å². The largest absolute Gasteiger partial charge is 0.350 e. The Hall–Kier alpha value is -2.17. The van der Waals surface area contributed by atoms with Crippen molar-refractivity contribution >= 4 is 28.0 Å². The van der Waals surface area contributed by atoms with Gasteiger partial charge in [0, 0.05) is 12.1 Å². The smallest absolute Gasteiger partial charge is 0.251 e. The summed E-state index contributed by atoms with van der Waals surface area (Å²) in [4.78, 5) is 15.2. The minimum absolute atomic E-state index is 0.00740. The SMILES string of the molecule is O=C(NCC(c1ccsc1)N1CCCCC1)c1ccc2ccccc2c1. The Labute approximate surface area is 158 Å². The van der Waals surface area contributed by atoms with E-state index in [1.165, 1.54) is 24.8 Å². The summed E-state index contributed by atoms with van der Waals surface area (Å²) in [6.45, 7) is 2.89. The van der Waals surface area contributed by atoms with E-state index in [-0.39, 0.29) is 11.9 Å². The average Bonchev–Trinajstić information content (AvgIpc) is 3.23. The molecule has 0 radical (unpaired) electrons. The van der Waals surface area contributed by atoms with Crippen LogP contribution in [0.2, 0.25) is 0 Å². The monoisotopic (exact) mass is 364 g/mol. The summed E-state index contributed by atoms with van der Waals surface area (Å²) in [6, 6.07) is 16.5. The molecule has 134 valence electrons. The molecule has 0 saturated carbocycles. The molecule has 2 heterocycles. The number of hydrogen-bond acceptors (Lipinski definition) is 3. The molecular formula is C22H24N2OS. The maximum atomic E-state index is 12.7. The molecular weight excluding hydrogens is 340 g/mol. The predicted molar refractivity (Wildman–Crippen MR) is 109 cm³/mol. The lowest BCUT2D eigenvalue weighted by Crippen LogP contribution is -2.40. The van der Waals surface area contributed by atoms with E-state index in [4.69, 9.17) is 0 Å². The van der Waals surface area contributed by atoms with Gasteiger partial charge in [-0.15, -0.1) is 0 Å². The normalized spacial score (nSPS) is 16.5. The van der Waals surface area contributed by atoms with Crippen LogP contribution in [0.4, 0.5) is 0 Å². The number of thiophene rings is 1. The average molecular weight is 365 g/mol. The van der Waals surface area contributed by atoms with Crippen LogP contribution < -0.4 is 5.32 Å². The molecule has 1 aromatic heterocycles. The molecule has 1 saturated heterocycles. The molecule has 4 heteroatoms. The zero-order chi connectivity index (χ0) is 17.8. The van der Waals surface area contributed by atoms with Gasteiger partial charge in [0.1, 0.15) is 0 Å². The number of benzene rings is 2. The van der Waals surface area contributed by atoms with E-state index < -0.39 is 0 Å². The third-order valence-electron chi connectivity index (χ3n) is 5.23. The van der Waals surface area contributed by atoms with E-state index >= 15 is 0 Å². The zero-order valence-corrected chi connectivity index (χ0v) is 15.7. The molecule has 3 nitrogen and oxygen atoms in total. The second-order valence-corrected chi connectivity index (χ2v) is 7.72. The molecule has 26 heavy (non-hydrogen) atoms. The number of amides is 1. The lowest BCUT2D eigenvalue weighted by atomic mass is 10.0. The van der Waals surface area contributed by atoms with Crippen molar-refractivity contribution < 1.29 is 4.79 Å². The molecule has 0 spiro atoms. The van der Waals surface area contributed by atoms with Gasteiger partial charge in [-0.05, 0) is 71.2 Å².